The van der Waals surface area contributed by atoms with Crippen LogP contribution in [0.2, 0.25) is 0 Å². The maximum absolute atomic E-state index is 13.1. The largest absolute Gasteiger partial charge is 0.368 e. The number of likely N-dealkylation sites (N-methyl/N-ethyl adjacent to an activating group) is 1. The molecule has 0 radical (unpaired) electrons. The van der Waals surface area contributed by atoms with E-state index in [1.54, 1.807) is 11.2 Å². The van der Waals surface area contributed by atoms with Crippen LogP contribution < -0.4 is 10.3 Å². The maximum Gasteiger partial charge on any atom is 0.272 e. The van der Waals surface area contributed by atoms with Gasteiger partial charge in [-0.15, -0.1) is 0 Å². The van der Waals surface area contributed by atoms with Crippen molar-refractivity contribution in [3.63, 3.8) is 0 Å². The first-order valence-electron chi connectivity index (χ1n) is 11.2. The van der Waals surface area contributed by atoms with Gasteiger partial charge in [-0.05, 0) is 48.5 Å². The second-order valence-electron chi connectivity index (χ2n) is 8.63. The minimum absolute atomic E-state index is 0.0513. The second-order valence-corrected chi connectivity index (χ2v) is 8.63. The number of anilines is 2. The average Bonchev–Trinajstić information content (AvgIpc) is 3.41. The first kappa shape index (κ1) is 19.8. The summed E-state index contributed by atoms with van der Waals surface area (Å²) in [5.74, 6) is 0.605. The summed E-state index contributed by atoms with van der Waals surface area (Å²) in [6.07, 6.45) is 5.64. The molecule has 0 aliphatic carbocycles. The van der Waals surface area contributed by atoms with Crippen molar-refractivity contribution in [1.82, 2.24) is 24.9 Å². The SMILES string of the molecule is CN1CCN(c2ccc(NN3Cc4c(cccc4-c4c[nH]c5cccnc45)C3=O)nc2)CC1. The van der Waals surface area contributed by atoms with Crippen LogP contribution in [0, 0.1) is 0 Å². The van der Waals surface area contributed by atoms with Crippen molar-refractivity contribution >= 4 is 28.4 Å². The van der Waals surface area contributed by atoms with Gasteiger partial charge in [0.15, 0.2) is 0 Å². The summed E-state index contributed by atoms with van der Waals surface area (Å²) in [4.78, 5) is 30.2. The Morgan fingerprint density at radius 1 is 0.939 bits per heavy atom. The molecule has 1 aromatic carbocycles. The average molecular weight is 440 g/mol. The monoisotopic (exact) mass is 439 g/mol. The number of nitrogens with one attached hydrogen (secondary N) is 2. The third-order valence-corrected chi connectivity index (χ3v) is 6.56. The van der Waals surface area contributed by atoms with E-state index in [2.05, 4.69) is 49.4 Å². The molecule has 1 saturated heterocycles. The summed E-state index contributed by atoms with van der Waals surface area (Å²) >= 11 is 0. The number of aromatic amines is 1. The number of aromatic nitrogens is 3. The van der Waals surface area contributed by atoms with Crippen LogP contribution in [0.5, 0.6) is 0 Å². The van der Waals surface area contributed by atoms with Gasteiger partial charge in [0.25, 0.3) is 5.91 Å². The number of nitrogens with zero attached hydrogens (tertiary/aromatic N) is 5. The van der Waals surface area contributed by atoms with Crippen molar-refractivity contribution in [2.75, 3.05) is 43.6 Å². The highest BCUT2D eigenvalue weighted by molar-refractivity contribution is 6.03. The molecule has 0 atom stereocenters. The Labute approximate surface area is 191 Å². The zero-order valence-corrected chi connectivity index (χ0v) is 18.5. The number of carbonyl (C=O) groups is 1. The number of amides is 1. The second kappa shape index (κ2) is 7.90. The van der Waals surface area contributed by atoms with Gasteiger partial charge in [-0.3, -0.25) is 15.2 Å². The summed E-state index contributed by atoms with van der Waals surface area (Å²) in [5.41, 5.74) is 9.94. The van der Waals surface area contributed by atoms with Crippen LogP contribution in [0.15, 0.2) is 61.1 Å². The van der Waals surface area contributed by atoms with Gasteiger partial charge in [0, 0.05) is 49.7 Å². The fourth-order valence-corrected chi connectivity index (χ4v) is 4.68. The standard InChI is InChI=1S/C25H25N7O/c1-30-10-12-31(13-11-30)17-7-8-23(28-14-17)29-32-16-21-18(4-2-5-19(21)25(32)33)20-15-27-22-6-3-9-26-24(20)22/h2-9,14-15,27H,10-13,16H2,1H3,(H,28,29). The summed E-state index contributed by atoms with van der Waals surface area (Å²) in [5, 5.41) is 1.63. The Morgan fingerprint density at radius 2 is 1.79 bits per heavy atom. The molecule has 8 nitrogen and oxygen atoms in total. The lowest BCUT2D eigenvalue weighted by Crippen LogP contribution is -2.44. The minimum atomic E-state index is -0.0513. The van der Waals surface area contributed by atoms with Gasteiger partial charge in [-0.25, -0.2) is 9.99 Å². The van der Waals surface area contributed by atoms with Gasteiger partial charge in [0.2, 0.25) is 0 Å². The molecule has 2 N–H and O–H groups in total. The van der Waals surface area contributed by atoms with Crippen LogP contribution in [-0.2, 0) is 6.54 Å². The number of rotatable bonds is 4. The molecular formula is C25H25N7O. The number of H-pyrrole nitrogens is 1. The van der Waals surface area contributed by atoms with Crippen LogP contribution in [0.1, 0.15) is 15.9 Å². The van der Waals surface area contributed by atoms with Crippen LogP contribution >= 0.6 is 0 Å². The molecule has 166 valence electrons. The number of hydrazine groups is 1. The zero-order chi connectivity index (χ0) is 22.4. The normalized spacial score (nSPS) is 16.5. The molecule has 6 rings (SSSR count). The Morgan fingerprint density at radius 3 is 2.61 bits per heavy atom. The predicted molar refractivity (Wildman–Crippen MR) is 129 cm³/mol. The molecule has 3 aromatic heterocycles. The summed E-state index contributed by atoms with van der Waals surface area (Å²) in [7, 11) is 2.15. The molecule has 0 bridgehead atoms. The van der Waals surface area contributed by atoms with E-state index < -0.39 is 0 Å². The number of pyridine rings is 2. The molecule has 8 heteroatoms. The van der Waals surface area contributed by atoms with Gasteiger partial charge in [0.1, 0.15) is 5.82 Å². The van der Waals surface area contributed by atoms with E-state index in [0.29, 0.717) is 17.9 Å². The number of hydrogen-bond acceptors (Lipinski definition) is 6. The lowest BCUT2D eigenvalue weighted by molar-refractivity contribution is 0.0814. The van der Waals surface area contributed by atoms with E-state index >= 15 is 0 Å². The molecule has 5 heterocycles. The fourth-order valence-electron chi connectivity index (χ4n) is 4.68. The van der Waals surface area contributed by atoms with Crippen LogP contribution in [-0.4, -0.2) is 64.0 Å². The topological polar surface area (TPSA) is 80.4 Å². The Bertz CT molecular complexity index is 1320. The number of carbonyl (C=O) groups excluding carboxylic acids is 1. The highest BCUT2D eigenvalue weighted by Crippen LogP contribution is 2.35. The van der Waals surface area contributed by atoms with Crippen LogP contribution in [0.4, 0.5) is 11.5 Å². The van der Waals surface area contributed by atoms with Gasteiger partial charge < -0.3 is 14.8 Å². The minimum Gasteiger partial charge on any atom is -0.368 e. The number of hydrogen-bond donors (Lipinski definition) is 2. The number of benzene rings is 1. The van der Waals surface area contributed by atoms with E-state index in [9.17, 15) is 4.79 Å². The van der Waals surface area contributed by atoms with E-state index in [1.807, 2.05) is 42.7 Å². The highest BCUT2D eigenvalue weighted by Gasteiger charge is 2.30. The molecular weight excluding hydrogens is 414 g/mol. The van der Waals surface area contributed by atoms with Gasteiger partial charge in [-0.2, -0.15) is 0 Å². The van der Waals surface area contributed by atoms with Crippen molar-refractivity contribution < 1.29 is 4.79 Å². The van der Waals surface area contributed by atoms with E-state index in [-0.39, 0.29) is 5.91 Å². The van der Waals surface area contributed by atoms with Gasteiger partial charge in [0.05, 0.1) is 29.5 Å². The summed E-state index contributed by atoms with van der Waals surface area (Å²) in [6.45, 7) is 4.56. The van der Waals surface area contributed by atoms with Crippen molar-refractivity contribution in [2.45, 2.75) is 6.54 Å². The molecule has 0 unspecified atom stereocenters. The first-order chi connectivity index (χ1) is 16.2. The van der Waals surface area contributed by atoms with E-state index in [0.717, 1.165) is 59.6 Å². The molecule has 33 heavy (non-hydrogen) atoms. The highest BCUT2D eigenvalue weighted by atomic mass is 16.2. The maximum atomic E-state index is 13.1. The lowest BCUT2D eigenvalue weighted by atomic mass is 9.98. The Hall–Kier alpha value is -3.91. The summed E-state index contributed by atoms with van der Waals surface area (Å²) in [6, 6.07) is 13.8. The zero-order valence-electron chi connectivity index (χ0n) is 18.5. The lowest BCUT2D eigenvalue weighted by Gasteiger charge is -2.33. The number of piperazine rings is 1. The Kier molecular flexibility index (Phi) is 4.73. The quantitative estimate of drug-likeness (QED) is 0.508. The van der Waals surface area contributed by atoms with Gasteiger partial charge >= 0.3 is 0 Å². The van der Waals surface area contributed by atoms with Crippen LogP contribution in [0.25, 0.3) is 22.2 Å². The van der Waals surface area contributed by atoms with Crippen LogP contribution in [0.3, 0.4) is 0 Å². The van der Waals surface area contributed by atoms with Crippen molar-refractivity contribution in [2.24, 2.45) is 0 Å². The molecule has 2 aliphatic rings. The van der Waals surface area contributed by atoms with Crippen molar-refractivity contribution in [3.05, 3.63) is 72.2 Å². The molecule has 4 aromatic rings. The molecule has 1 fully saturated rings. The van der Waals surface area contributed by atoms with Crippen molar-refractivity contribution in [3.8, 4) is 11.1 Å². The fraction of sp³-hybridized carbons (Fsp3) is 0.240. The van der Waals surface area contributed by atoms with Gasteiger partial charge in [-0.1, -0.05) is 12.1 Å². The first-order valence-corrected chi connectivity index (χ1v) is 11.2. The van der Waals surface area contributed by atoms with E-state index in [4.69, 9.17) is 0 Å². The predicted octanol–water partition coefficient (Wildman–Crippen LogP) is 3.36. The molecule has 0 saturated carbocycles. The third-order valence-electron chi connectivity index (χ3n) is 6.56. The van der Waals surface area contributed by atoms with E-state index in [1.165, 1.54) is 0 Å². The molecule has 1 amide bonds. The molecule has 0 spiro atoms. The van der Waals surface area contributed by atoms with Crippen molar-refractivity contribution in [1.29, 1.82) is 0 Å². The summed E-state index contributed by atoms with van der Waals surface area (Å²) < 4.78 is 0. The smallest absolute Gasteiger partial charge is 0.272 e. The molecule has 2 aliphatic heterocycles. The Balaban J connectivity index is 1.23. The number of fused-ring (bicyclic) bond motifs is 2. The third kappa shape index (κ3) is 3.48.